The molecule has 2 aliphatic heterocycles. The Bertz CT molecular complexity index is 722. The van der Waals surface area contributed by atoms with Crippen LogP contribution in [0.1, 0.15) is 59.8 Å². The number of rotatable bonds is 3. The first-order chi connectivity index (χ1) is 12.3. The van der Waals surface area contributed by atoms with Crippen molar-refractivity contribution in [2.24, 2.45) is 0 Å². The van der Waals surface area contributed by atoms with Crippen molar-refractivity contribution in [2.45, 2.75) is 44.1 Å². The van der Waals surface area contributed by atoms with Crippen LogP contribution in [-0.2, 0) is 0 Å². The van der Waals surface area contributed by atoms with Gasteiger partial charge in [0, 0.05) is 24.4 Å². The monoisotopic (exact) mass is 339 g/mol. The lowest BCUT2D eigenvalue weighted by Crippen LogP contribution is -2.36. The van der Waals surface area contributed by atoms with Gasteiger partial charge in [-0.25, -0.2) is 4.98 Å². The van der Waals surface area contributed by atoms with E-state index in [1.165, 1.54) is 12.0 Å². The summed E-state index contributed by atoms with van der Waals surface area (Å²) in [6, 6.07) is 10.7. The van der Waals surface area contributed by atoms with Crippen LogP contribution in [0.25, 0.3) is 0 Å². The lowest BCUT2D eigenvalue weighted by molar-refractivity contribution is 0.0733. The SMILES string of the molecule is CC1C(c2ccccc2)CCN1C(=O)c1ncoc1C1CCNCC1. The molecule has 2 fully saturated rings. The van der Waals surface area contributed by atoms with E-state index >= 15 is 0 Å². The number of carbonyl (C=O) groups is 1. The number of benzene rings is 1. The van der Waals surface area contributed by atoms with Crippen molar-refractivity contribution in [2.75, 3.05) is 19.6 Å². The number of nitrogens with zero attached hydrogens (tertiary/aromatic N) is 2. The van der Waals surface area contributed by atoms with Crippen LogP contribution < -0.4 is 5.32 Å². The fourth-order valence-corrected chi connectivity index (χ4v) is 4.30. The first kappa shape index (κ1) is 16.3. The number of aromatic nitrogens is 1. The molecule has 0 aliphatic carbocycles. The predicted molar refractivity (Wildman–Crippen MR) is 95.6 cm³/mol. The van der Waals surface area contributed by atoms with Crippen molar-refractivity contribution in [3.63, 3.8) is 0 Å². The lowest BCUT2D eigenvalue weighted by Gasteiger charge is -2.26. The van der Waals surface area contributed by atoms with E-state index in [0.717, 1.165) is 44.7 Å². The van der Waals surface area contributed by atoms with Gasteiger partial charge >= 0.3 is 0 Å². The molecule has 0 spiro atoms. The molecule has 1 aromatic heterocycles. The zero-order chi connectivity index (χ0) is 17.2. The summed E-state index contributed by atoms with van der Waals surface area (Å²) in [4.78, 5) is 19.4. The molecule has 0 saturated carbocycles. The Balaban J connectivity index is 1.53. The van der Waals surface area contributed by atoms with Crippen molar-refractivity contribution >= 4 is 5.91 Å². The molecule has 2 unspecified atom stereocenters. The topological polar surface area (TPSA) is 58.4 Å². The zero-order valence-electron chi connectivity index (χ0n) is 14.6. The fraction of sp³-hybridized carbons (Fsp3) is 0.500. The van der Waals surface area contributed by atoms with Crippen LogP contribution in [0.4, 0.5) is 0 Å². The summed E-state index contributed by atoms with van der Waals surface area (Å²) >= 11 is 0. The molecule has 25 heavy (non-hydrogen) atoms. The number of carbonyl (C=O) groups excluding carboxylic acids is 1. The van der Waals surface area contributed by atoms with Gasteiger partial charge in [-0.15, -0.1) is 0 Å². The van der Waals surface area contributed by atoms with Gasteiger partial charge in [-0.2, -0.15) is 0 Å². The van der Waals surface area contributed by atoms with Gasteiger partial charge in [-0.1, -0.05) is 30.3 Å². The van der Waals surface area contributed by atoms with E-state index in [-0.39, 0.29) is 11.9 Å². The Hall–Kier alpha value is -2.14. The molecule has 2 aliphatic rings. The Morgan fingerprint density at radius 2 is 1.96 bits per heavy atom. The maximum absolute atomic E-state index is 13.1. The van der Waals surface area contributed by atoms with E-state index in [0.29, 0.717) is 17.5 Å². The summed E-state index contributed by atoms with van der Waals surface area (Å²) in [5, 5.41) is 3.35. The molecule has 5 heteroatoms. The standard InChI is InChI=1S/C20H25N3O2/c1-14-17(15-5-3-2-4-6-15)9-12-23(14)20(24)18-19(25-13-22-18)16-7-10-21-11-8-16/h2-6,13-14,16-17,21H,7-12H2,1H3. The second kappa shape index (κ2) is 7.00. The van der Waals surface area contributed by atoms with Crippen LogP contribution in [0, 0.1) is 0 Å². The highest BCUT2D eigenvalue weighted by Gasteiger charge is 2.37. The van der Waals surface area contributed by atoms with Crippen LogP contribution in [0.3, 0.4) is 0 Å². The lowest BCUT2D eigenvalue weighted by atomic mass is 9.92. The number of likely N-dealkylation sites (tertiary alicyclic amines) is 1. The molecule has 2 aromatic rings. The summed E-state index contributed by atoms with van der Waals surface area (Å²) < 4.78 is 5.65. The van der Waals surface area contributed by atoms with Crippen molar-refractivity contribution in [3.8, 4) is 0 Å². The van der Waals surface area contributed by atoms with Gasteiger partial charge in [0.1, 0.15) is 5.76 Å². The minimum atomic E-state index is 0.0215. The molecule has 1 aromatic carbocycles. The van der Waals surface area contributed by atoms with Crippen LogP contribution in [0.15, 0.2) is 41.1 Å². The van der Waals surface area contributed by atoms with Gasteiger partial charge in [-0.3, -0.25) is 4.79 Å². The highest BCUT2D eigenvalue weighted by molar-refractivity contribution is 5.93. The molecule has 0 radical (unpaired) electrons. The molecule has 1 amide bonds. The van der Waals surface area contributed by atoms with Crippen LogP contribution in [-0.4, -0.2) is 41.5 Å². The highest BCUT2D eigenvalue weighted by atomic mass is 16.3. The number of piperidine rings is 1. The van der Waals surface area contributed by atoms with Crippen molar-refractivity contribution in [1.82, 2.24) is 15.2 Å². The summed E-state index contributed by atoms with van der Waals surface area (Å²) in [7, 11) is 0. The number of oxazole rings is 1. The second-order valence-corrected chi connectivity index (χ2v) is 7.13. The van der Waals surface area contributed by atoms with Crippen LogP contribution >= 0.6 is 0 Å². The Kier molecular flexibility index (Phi) is 4.57. The van der Waals surface area contributed by atoms with E-state index in [2.05, 4.69) is 41.5 Å². The zero-order valence-corrected chi connectivity index (χ0v) is 14.6. The third kappa shape index (κ3) is 3.09. The summed E-state index contributed by atoms with van der Waals surface area (Å²) in [6.07, 6.45) is 4.42. The fourth-order valence-electron chi connectivity index (χ4n) is 4.30. The van der Waals surface area contributed by atoms with Gasteiger partial charge in [0.15, 0.2) is 12.1 Å². The summed E-state index contributed by atoms with van der Waals surface area (Å²) in [6.45, 7) is 4.86. The Morgan fingerprint density at radius 3 is 2.72 bits per heavy atom. The average molecular weight is 339 g/mol. The van der Waals surface area contributed by atoms with Crippen molar-refractivity contribution in [3.05, 3.63) is 53.7 Å². The van der Waals surface area contributed by atoms with Gasteiger partial charge < -0.3 is 14.6 Å². The van der Waals surface area contributed by atoms with E-state index in [1.807, 2.05) is 11.0 Å². The predicted octanol–water partition coefficient (Wildman–Crippen LogP) is 3.16. The molecular formula is C20H25N3O2. The summed E-state index contributed by atoms with van der Waals surface area (Å²) in [5.41, 5.74) is 1.83. The third-order valence-corrected chi connectivity index (χ3v) is 5.75. The minimum absolute atomic E-state index is 0.0215. The highest BCUT2D eigenvalue weighted by Crippen LogP contribution is 2.35. The quantitative estimate of drug-likeness (QED) is 0.933. The molecule has 0 bridgehead atoms. The van der Waals surface area contributed by atoms with Crippen molar-refractivity contribution < 1.29 is 9.21 Å². The molecule has 5 nitrogen and oxygen atoms in total. The summed E-state index contributed by atoms with van der Waals surface area (Å²) in [5.74, 6) is 1.49. The first-order valence-electron chi connectivity index (χ1n) is 9.25. The molecular weight excluding hydrogens is 314 g/mol. The first-order valence-corrected chi connectivity index (χ1v) is 9.25. The number of amides is 1. The third-order valence-electron chi connectivity index (χ3n) is 5.75. The van der Waals surface area contributed by atoms with E-state index < -0.39 is 0 Å². The van der Waals surface area contributed by atoms with Crippen LogP contribution in [0.5, 0.6) is 0 Å². The average Bonchev–Trinajstić information content (AvgIpc) is 3.29. The minimum Gasteiger partial charge on any atom is -0.447 e. The number of nitrogens with one attached hydrogen (secondary N) is 1. The maximum atomic E-state index is 13.1. The second-order valence-electron chi connectivity index (χ2n) is 7.13. The number of hydrogen-bond acceptors (Lipinski definition) is 4. The molecule has 1 N–H and O–H groups in total. The smallest absolute Gasteiger partial charge is 0.276 e. The van der Waals surface area contributed by atoms with Gasteiger partial charge in [0.25, 0.3) is 5.91 Å². The largest absolute Gasteiger partial charge is 0.447 e. The Labute approximate surface area is 148 Å². The molecule has 3 heterocycles. The van der Waals surface area contributed by atoms with E-state index in [4.69, 9.17) is 4.42 Å². The van der Waals surface area contributed by atoms with E-state index in [9.17, 15) is 4.79 Å². The van der Waals surface area contributed by atoms with Crippen molar-refractivity contribution in [1.29, 1.82) is 0 Å². The van der Waals surface area contributed by atoms with Crippen LogP contribution in [0.2, 0.25) is 0 Å². The molecule has 2 atom stereocenters. The van der Waals surface area contributed by atoms with Gasteiger partial charge in [-0.05, 0) is 44.8 Å². The molecule has 2 saturated heterocycles. The van der Waals surface area contributed by atoms with Gasteiger partial charge in [0.05, 0.1) is 0 Å². The maximum Gasteiger partial charge on any atom is 0.276 e. The number of hydrogen-bond donors (Lipinski definition) is 1. The normalized spacial score (nSPS) is 24.6. The van der Waals surface area contributed by atoms with Gasteiger partial charge in [0.2, 0.25) is 0 Å². The van der Waals surface area contributed by atoms with E-state index in [1.54, 1.807) is 0 Å². The molecule has 4 rings (SSSR count). The molecule has 132 valence electrons. The Morgan fingerprint density at radius 1 is 1.20 bits per heavy atom.